The van der Waals surface area contributed by atoms with Crippen LogP contribution in [0.1, 0.15) is 15.9 Å². The quantitative estimate of drug-likeness (QED) is 0.628. The van der Waals surface area contributed by atoms with Gasteiger partial charge in [-0.05, 0) is 29.8 Å². The van der Waals surface area contributed by atoms with Gasteiger partial charge < -0.3 is 0 Å². The van der Waals surface area contributed by atoms with Crippen molar-refractivity contribution in [2.24, 2.45) is 0 Å². The molecule has 0 aliphatic heterocycles. The molecule has 2 N–H and O–H groups in total. The first kappa shape index (κ1) is 18.1. The van der Waals surface area contributed by atoms with E-state index in [4.69, 9.17) is 0 Å². The molecular formula is C16H13FN4O3S2. The first-order valence-electron chi connectivity index (χ1n) is 7.38. The van der Waals surface area contributed by atoms with E-state index < -0.39 is 21.7 Å². The number of benzene rings is 2. The largest absolute Gasteiger partial charge is 0.296 e. The van der Waals surface area contributed by atoms with Gasteiger partial charge in [0.2, 0.25) is 9.47 Å². The van der Waals surface area contributed by atoms with Crippen molar-refractivity contribution in [1.82, 2.24) is 14.9 Å². The number of halogens is 1. The van der Waals surface area contributed by atoms with E-state index in [0.29, 0.717) is 11.1 Å². The van der Waals surface area contributed by atoms with Crippen molar-refractivity contribution in [3.63, 3.8) is 0 Å². The van der Waals surface area contributed by atoms with Gasteiger partial charge in [-0.15, -0.1) is 10.2 Å². The van der Waals surface area contributed by atoms with E-state index in [9.17, 15) is 17.6 Å². The molecule has 0 spiro atoms. The fourth-order valence-corrected chi connectivity index (χ4v) is 3.92. The minimum atomic E-state index is -3.90. The number of nitrogens with one attached hydrogen (secondary N) is 2. The van der Waals surface area contributed by atoms with E-state index in [2.05, 4.69) is 20.2 Å². The fraction of sp³-hybridized carbons (Fsp3) is 0.0625. The maximum atomic E-state index is 12.9. The van der Waals surface area contributed by atoms with Gasteiger partial charge in [0, 0.05) is 12.1 Å². The Labute approximate surface area is 153 Å². The van der Waals surface area contributed by atoms with E-state index in [1.54, 1.807) is 30.3 Å². The van der Waals surface area contributed by atoms with Gasteiger partial charge in [-0.25, -0.2) is 17.5 Å². The minimum Gasteiger partial charge on any atom is -0.296 e. The third-order valence-corrected chi connectivity index (χ3v) is 5.88. The summed E-state index contributed by atoms with van der Waals surface area (Å²) in [6.45, 7) is -0.0199. The zero-order valence-corrected chi connectivity index (χ0v) is 14.8. The third kappa shape index (κ3) is 4.48. The molecule has 0 aliphatic carbocycles. The zero-order chi connectivity index (χ0) is 18.6. The smallest absolute Gasteiger partial charge is 0.270 e. The number of sulfonamides is 1. The summed E-state index contributed by atoms with van der Waals surface area (Å²) >= 11 is 0.736. The van der Waals surface area contributed by atoms with Gasteiger partial charge in [0.15, 0.2) is 0 Å². The van der Waals surface area contributed by atoms with Gasteiger partial charge in [0.05, 0.1) is 0 Å². The van der Waals surface area contributed by atoms with Crippen LogP contribution in [0.2, 0.25) is 0 Å². The summed E-state index contributed by atoms with van der Waals surface area (Å²) in [6.07, 6.45) is 0. The molecule has 1 heterocycles. The molecule has 1 aromatic heterocycles. The van der Waals surface area contributed by atoms with Crippen molar-refractivity contribution in [2.45, 2.75) is 10.9 Å². The van der Waals surface area contributed by atoms with Crippen LogP contribution >= 0.6 is 11.3 Å². The summed E-state index contributed by atoms with van der Waals surface area (Å²) in [5.41, 5.74) is 1.01. The highest BCUT2D eigenvalue weighted by atomic mass is 32.2. The van der Waals surface area contributed by atoms with Crippen LogP contribution in [-0.2, 0) is 16.6 Å². The van der Waals surface area contributed by atoms with Crippen LogP contribution in [0.4, 0.5) is 9.52 Å². The molecule has 2 aromatic carbocycles. The van der Waals surface area contributed by atoms with Crippen molar-refractivity contribution >= 4 is 32.4 Å². The number of nitrogens with zero attached hydrogens (tertiary/aromatic N) is 2. The Morgan fingerprint density at radius 2 is 1.73 bits per heavy atom. The summed E-state index contributed by atoms with van der Waals surface area (Å²) in [6, 6.07) is 13.9. The Morgan fingerprint density at radius 3 is 2.42 bits per heavy atom. The van der Waals surface area contributed by atoms with Crippen LogP contribution in [0.25, 0.3) is 0 Å². The summed E-state index contributed by atoms with van der Waals surface area (Å²) < 4.78 is 39.4. The third-order valence-electron chi connectivity index (χ3n) is 3.27. The lowest BCUT2D eigenvalue weighted by Gasteiger charge is -2.03. The number of anilines is 1. The second kappa shape index (κ2) is 7.68. The van der Waals surface area contributed by atoms with Crippen molar-refractivity contribution < 1.29 is 17.6 Å². The number of carbonyl (C=O) groups is 1. The van der Waals surface area contributed by atoms with Crippen LogP contribution in [-0.4, -0.2) is 24.5 Å². The van der Waals surface area contributed by atoms with Crippen LogP contribution in [0.15, 0.2) is 58.9 Å². The molecule has 0 bridgehead atoms. The molecule has 7 nitrogen and oxygen atoms in total. The summed E-state index contributed by atoms with van der Waals surface area (Å²) in [5, 5.41) is 9.86. The van der Waals surface area contributed by atoms with Gasteiger partial charge in [-0.1, -0.05) is 41.7 Å². The Kier molecular flexibility index (Phi) is 5.35. The number of rotatable bonds is 6. The van der Waals surface area contributed by atoms with Crippen LogP contribution in [0, 0.1) is 5.82 Å². The molecule has 0 saturated carbocycles. The molecule has 0 radical (unpaired) electrons. The topological polar surface area (TPSA) is 101 Å². The molecule has 0 unspecified atom stereocenters. The summed E-state index contributed by atoms with van der Waals surface area (Å²) in [7, 11) is -3.90. The molecule has 134 valence electrons. The van der Waals surface area contributed by atoms with Gasteiger partial charge in [0.1, 0.15) is 5.82 Å². The van der Waals surface area contributed by atoms with Crippen molar-refractivity contribution in [3.05, 3.63) is 71.5 Å². The lowest BCUT2D eigenvalue weighted by Crippen LogP contribution is -2.23. The molecule has 0 saturated heterocycles. The standard InChI is InChI=1S/C16H13FN4O3S2/c17-13-8-6-11(7-9-13)10-18-26(23,24)16-21-20-15(25-16)19-14(22)12-4-2-1-3-5-12/h1-9,18H,10H2,(H,19,20,22). The highest BCUT2D eigenvalue weighted by molar-refractivity contribution is 7.91. The first-order chi connectivity index (χ1) is 12.4. The second-order valence-electron chi connectivity index (χ2n) is 5.14. The van der Waals surface area contributed by atoms with Crippen LogP contribution in [0.3, 0.4) is 0 Å². The maximum Gasteiger partial charge on any atom is 0.270 e. The van der Waals surface area contributed by atoms with E-state index in [0.717, 1.165) is 11.3 Å². The highest BCUT2D eigenvalue weighted by Gasteiger charge is 2.21. The molecule has 0 atom stereocenters. The zero-order valence-electron chi connectivity index (χ0n) is 13.2. The van der Waals surface area contributed by atoms with E-state index in [1.807, 2.05) is 0 Å². The predicted octanol–water partition coefficient (Wildman–Crippen LogP) is 2.41. The lowest BCUT2D eigenvalue weighted by molar-refractivity contribution is 0.102. The molecule has 10 heteroatoms. The molecular weight excluding hydrogens is 379 g/mol. The van der Waals surface area contributed by atoms with E-state index in [1.165, 1.54) is 24.3 Å². The number of carbonyl (C=O) groups excluding carboxylic acids is 1. The average molecular weight is 392 g/mol. The predicted molar refractivity (Wildman–Crippen MR) is 94.7 cm³/mol. The van der Waals surface area contributed by atoms with Crippen molar-refractivity contribution in [1.29, 1.82) is 0 Å². The monoisotopic (exact) mass is 392 g/mol. The molecule has 0 aliphatic rings. The highest BCUT2D eigenvalue weighted by Crippen LogP contribution is 2.20. The average Bonchev–Trinajstić information content (AvgIpc) is 3.11. The van der Waals surface area contributed by atoms with E-state index in [-0.39, 0.29) is 16.0 Å². The number of amides is 1. The molecule has 26 heavy (non-hydrogen) atoms. The molecule has 1 amide bonds. The Hall–Kier alpha value is -2.69. The number of hydrogen-bond donors (Lipinski definition) is 2. The maximum absolute atomic E-state index is 12.9. The summed E-state index contributed by atoms with van der Waals surface area (Å²) in [5.74, 6) is -0.815. The van der Waals surface area contributed by atoms with Crippen LogP contribution < -0.4 is 10.0 Å². The lowest BCUT2D eigenvalue weighted by atomic mass is 10.2. The van der Waals surface area contributed by atoms with Crippen LogP contribution in [0.5, 0.6) is 0 Å². The Balaban J connectivity index is 1.66. The number of hydrogen-bond acceptors (Lipinski definition) is 6. The number of aromatic nitrogens is 2. The van der Waals surface area contributed by atoms with E-state index >= 15 is 0 Å². The first-order valence-corrected chi connectivity index (χ1v) is 9.68. The second-order valence-corrected chi connectivity index (χ2v) is 8.06. The normalized spacial score (nSPS) is 11.3. The van der Waals surface area contributed by atoms with Gasteiger partial charge in [-0.3, -0.25) is 10.1 Å². The van der Waals surface area contributed by atoms with Crippen molar-refractivity contribution in [3.8, 4) is 0 Å². The summed E-state index contributed by atoms with van der Waals surface area (Å²) in [4.78, 5) is 12.0. The Morgan fingerprint density at radius 1 is 1.04 bits per heavy atom. The van der Waals surface area contributed by atoms with Gasteiger partial charge in [-0.2, -0.15) is 0 Å². The van der Waals surface area contributed by atoms with Gasteiger partial charge in [0.25, 0.3) is 15.9 Å². The molecule has 0 fully saturated rings. The Bertz CT molecular complexity index is 1010. The van der Waals surface area contributed by atoms with Gasteiger partial charge >= 0.3 is 0 Å². The SMILES string of the molecule is O=C(Nc1nnc(S(=O)(=O)NCc2ccc(F)cc2)s1)c1ccccc1. The molecule has 3 aromatic rings. The molecule has 3 rings (SSSR count). The van der Waals surface area contributed by atoms with Crippen molar-refractivity contribution in [2.75, 3.05) is 5.32 Å². The minimum absolute atomic E-state index is 0.0199. The fourth-order valence-electron chi connectivity index (χ4n) is 1.97.